The van der Waals surface area contributed by atoms with Crippen molar-refractivity contribution in [1.82, 2.24) is 14.1 Å². The number of thiazole rings is 1. The third-order valence-electron chi connectivity index (χ3n) is 2.66. The van der Waals surface area contributed by atoms with Crippen LogP contribution in [0.2, 0.25) is 0 Å². The highest BCUT2D eigenvalue weighted by atomic mass is 32.2. The van der Waals surface area contributed by atoms with Gasteiger partial charge in [-0.1, -0.05) is 0 Å². The predicted molar refractivity (Wildman–Crippen MR) is 79.2 cm³/mol. The molecule has 0 aliphatic carbocycles. The lowest BCUT2D eigenvalue weighted by Gasteiger charge is -2.06. The predicted octanol–water partition coefficient (Wildman–Crippen LogP) is 1.22. The largest absolute Gasteiger partial charge is 0.306 e. The van der Waals surface area contributed by atoms with Crippen molar-refractivity contribution in [2.45, 2.75) is 11.6 Å². The van der Waals surface area contributed by atoms with Gasteiger partial charge < -0.3 is 5.43 Å². The molecule has 106 valence electrons. The second-order valence-corrected chi connectivity index (χ2v) is 7.26. The SMILES string of the molecule is NNc1nc2sccn2c1S(=O)(=O)NCc1ccsc1. The van der Waals surface area contributed by atoms with Gasteiger partial charge in [0, 0.05) is 18.1 Å². The smallest absolute Gasteiger partial charge is 0.260 e. The van der Waals surface area contributed by atoms with Crippen LogP contribution >= 0.6 is 22.7 Å². The first-order chi connectivity index (χ1) is 9.62. The molecule has 0 fully saturated rings. The number of hydrazine groups is 1. The summed E-state index contributed by atoms with van der Waals surface area (Å²) in [5, 5.41) is 5.57. The van der Waals surface area contributed by atoms with E-state index in [1.165, 1.54) is 27.1 Å². The second kappa shape index (κ2) is 5.14. The molecule has 0 aliphatic rings. The molecule has 0 aromatic carbocycles. The summed E-state index contributed by atoms with van der Waals surface area (Å²) < 4.78 is 28.9. The van der Waals surface area contributed by atoms with Gasteiger partial charge in [0.1, 0.15) is 0 Å². The Morgan fingerprint density at radius 1 is 1.40 bits per heavy atom. The summed E-state index contributed by atoms with van der Waals surface area (Å²) in [6.07, 6.45) is 1.65. The molecule has 0 spiro atoms. The summed E-state index contributed by atoms with van der Waals surface area (Å²) in [6.45, 7) is 0.229. The molecule has 3 heterocycles. The first-order valence-corrected chi connectivity index (χ1v) is 8.85. The van der Waals surface area contributed by atoms with Crippen LogP contribution in [0, 0.1) is 0 Å². The van der Waals surface area contributed by atoms with Crippen LogP contribution in [-0.4, -0.2) is 17.8 Å². The number of thiophene rings is 1. The van der Waals surface area contributed by atoms with Gasteiger partial charge in [-0.25, -0.2) is 19.0 Å². The van der Waals surface area contributed by atoms with E-state index in [4.69, 9.17) is 5.84 Å². The number of nitrogen functional groups attached to an aromatic ring is 1. The maximum atomic E-state index is 12.4. The normalized spacial score (nSPS) is 12.1. The van der Waals surface area contributed by atoms with Gasteiger partial charge in [-0.15, -0.1) is 11.3 Å². The van der Waals surface area contributed by atoms with Crippen molar-refractivity contribution in [3.8, 4) is 0 Å². The average Bonchev–Trinajstić information content (AvgIpc) is 3.11. The number of anilines is 1. The molecule has 4 N–H and O–H groups in total. The maximum absolute atomic E-state index is 12.4. The van der Waals surface area contributed by atoms with Gasteiger partial charge in [0.15, 0.2) is 10.8 Å². The highest BCUT2D eigenvalue weighted by Crippen LogP contribution is 2.25. The number of nitrogens with one attached hydrogen (secondary N) is 2. The zero-order valence-electron chi connectivity index (χ0n) is 10.1. The molecule has 7 nitrogen and oxygen atoms in total. The first kappa shape index (κ1) is 13.5. The molecule has 3 rings (SSSR count). The highest BCUT2D eigenvalue weighted by molar-refractivity contribution is 7.89. The Morgan fingerprint density at radius 2 is 2.25 bits per heavy atom. The van der Waals surface area contributed by atoms with Crippen LogP contribution in [0.4, 0.5) is 5.82 Å². The van der Waals surface area contributed by atoms with Gasteiger partial charge in [0.05, 0.1) is 0 Å². The topological polar surface area (TPSA) is 102 Å². The second-order valence-electron chi connectivity index (χ2n) is 3.92. The van der Waals surface area contributed by atoms with Crippen molar-refractivity contribution in [3.05, 3.63) is 34.0 Å². The van der Waals surface area contributed by atoms with Gasteiger partial charge in [0.25, 0.3) is 10.0 Å². The Morgan fingerprint density at radius 3 is 2.95 bits per heavy atom. The third kappa shape index (κ3) is 2.31. The molecular formula is C10H11N5O2S3. The Bertz CT molecular complexity index is 818. The van der Waals surface area contributed by atoms with Crippen molar-refractivity contribution in [2.75, 3.05) is 5.43 Å². The Kier molecular flexibility index (Phi) is 3.48. The van der Waals surface area contributed by atoms with Gasteiger partial charge in [-0.05, 0) is 22.4 Å². The monoisotopic (exact) mass is 329 g/mol. The van der Waals surface area contributed by atoms with Crippen LogP contribution in [0.3, 0.4) is 0 Å². The molecule has 0 bridgehead atoms. The number of hydrogen-bond donors (Lipinski definition) is 3. The lowest BCUT2D eigenvalue weighted by molar-refractivity contribution is 0.577. The van der Waals surface area contributed by atoms with E-state index in [0.29, 0.717) is 4.96 Å². The van der Waals surface area contributed by atoms with Crippen molar-refractivity contribution in [2.24, 2.45) is 5.84 Å². The van der Waals surface area contributed by atoms with Crippen LogP contribution in [-0.2, 0) is 16.6 Å². The zero-order valence-corrected chi connectivity index (χ0v) is 12.6. The number of hydrogen-bond acceptors (Lipinski definition) is 7. The van der Waals surface area contributed by atoms with E-state index in [2.05, 4.69) is 15.1 Å². The Balaban J connectivity index is 1.97. The van der Waals surface area contributed by atoms with Crippen LogP contribution in [0.1, 0.15) is 5.56 Å². The average molecular weight is 329 g/mol. The van der Waals surface area contributed by atoms with Crippen LogP contribution in [0.25, 0.3) is 4.96 Å². The highest BCUT2D eigenvalue weighted by Gasteiger charge is 2.25. The summed E-state index contributed by atoms with van der Waals surface area (Å²) in [5.41, 5.74) is 3.24. The number of nitrogens with zero attached hydrogens (tertiary/aromatic N) is 2. The van der Waals surface area contributed by atoms with E-state index in [9.17, 15) is 8.42 Å². The first-order valence-electron chi connectivity index (χ1n) is 5.55. The molecule has 20 heavy (non-hydrogen) atoms. The summed E-state index contributed by atoms with van der Waals surface area (Å²) in [7, 11) is -3.71. The van der Waals surface area contributed by atoms with Crippen molar-refractivity contribution >= 4 is 43.5 Å². The van der Waals surface area contributed by atoms with Crippen LogP contribution < -0.4 is 16.0 Å². The van der Waals surface area contributed by atoms with Crippen molar-refractivity contribution in [1.29, 1.82) is 0 Å². The number of nitrogens with two attached hydrogens (primary N) is 1. The minimum Gasteiger partial charge on any atom is -0.306 e. The minimum atomic E-state index is -3.71. The molecular weight excluding hydrogens is 318 g/mol. The van der Waals surface area contributed by atoms with Crippen molar-refractivity contribution < 1.29 is 8.42 Å². The zero-order chi connectivity index (χ0) is 14.2. The summed E-state index contributed by atoms with van der Waals surface area (Å²) >= 11 is 2.85. The Labute approximate surface area is 123 Å². The van der Waals surface area contributed by atoms with E-state index in [0.717, 1.165) is 5.56 Å². The number of fused-ring (bicyclic) bond motifs is 1. The number of sulfonamides is 1. The minimum absolute atomic E-state index is 0.0199. The lowest BCUT2D eigenvalue weighted by Crippen LogP contribution is -2.25. The quantitative estimate of drug-likeness (QED) is 0.482. The van der Waals surface area contributed by atoms with Gasteiger partial charge in [-0.3, -0.25) is 4.40 Å². The fourth-order valence-electron chi connectivity index (χ4n) is 1.76. The van der Waals surface area contributed by atoms with Gasteiger partial charge in [-0.2, -0.15) is 16.3 Å². The van der Waals surface area contributed by atoms with E-state index in [1.807, 2.05) is 16.8 Å². The molecule has 0 saturated carbocycles. The summed E-state index contributed by atoms with van der Waals surface area (Å²) in [6, 6.07) is 1.87. The van der Waals surface area contributed by atoms with E-state index in [1.54, 1.807) is 11.6 Å². The van der Waals surface area contributed by atoms with Crippen molar-refractivity contribution in [3.63, 3.8) is 0 Å². The molecule has 3 aromatic rings. The van der Waals surface area contributed by atoms with Crippen LogP contribution in [0.15, 0.2) is 33.4 Å². The maximum Gasteiger partial charge on any atom is 0.260 e. The molecule has 0 saturated heterocycles. The number of imidazole rings is 1. The summed E-state index contributed by atoms with van der Waals surface area (Å²) in [5.74, 6) is 5.48. The molecule has 0 radical (unpaired) electrons. The fraction of sp³-hybridized carbons (Fsp3) is 0.100. The molecule has 10 heteroatoms. The Hall–Kier alpha value is -1.46. The molecule has 0 aliphatic heterocycles. The molecule has 0 unspecified atom stereocenters. The molecule has 3 aromatic heterocycles. The lowest BCUT2D eigenvalue weighted by atomic mass is 10.4. The number of aromatic nitrogens is 2. The standard InChI is InChI=1S/C10H11N5O2S3/c11-14-8-9(15-2-4-19-10(15)13-8)20(16,17)12-5-7-1-3-18-6-7/h1-4,6,12,14H,5,11H2. The molecule has 0 amide bonds. The van der Waals surface area contributed by atoms with Gasteiger partial charge >= 0.3 is 0 Å². The molecule has 0 atom stereocenters. The van der Waals surface area contributed by atoms with E-state index >= 15 is 0 Å². The van der Waals surface area contributed by atoms with Crippen LogP contribution in [0.5, 0.6) is 0 Å². The van der Waals surface area contributed by atoms with E-state index < -0.39 is 10.0 Å². The van der Waals surface area contributed by atoms with E-state index in [-0.39, 0.29) is 17.4 Å². The third-order valence-corrected chi connectivity index (χ3v) is 5.57. The number of rotatable bonds is 5. The van der Waals surface area contributed by atoms with Gasteiger partial charge in [0.2, 0.25) is 5.03 Å². The fourth-order valence-corrected chi connectivity index (χ4v) is 4.45. The summed E-state index contributed by atoms with van der Waals surface area (Å²) in [4.78, 5) is 4.69.